The zero-order valence-corrected chi connectivity index (χ0v) is 12.1. The van der Waals surface area contributed by atoms with E-state index < -0.39 is 0 Å². The molecule has 0 aliphatic heterocycles. The van der Waals surface area contributed by atoms with E-state index in [1.807, 2.05) is 29.0 Å². The van der Waals surface area contributed by atoms with Crippen molar-refractivity contribution in [2.75, 3.05) is 7.11 Å². The molecule has 0 aliphatic rings. The van der Waals surface area contributed by atoms with Gasteiger partial charge in [-0.3, -0.25) is 0 Å². The van der Waals surface area contributed by atoms with Crippen molar-refractivity contribution in [3.8, 4) is 10.7 Å². The largest absolute Gasteiger partial charge is 0.465 e. The van der Waals surface area contributed by atoms with Crippen molar-refractivity contribution in [1.82, 2.24) is 20.2 Å². The summed E-state index contributed by atoms with van der Waals surface area (Å²) in [5, 5.41) is 16.1. The Balaban J connectivity index is 1.82. The maximum Gasteiger partial charge on any atom is 0.348 e. The highest BCUT2D eigenvalue weighted by Gasteiger charge is 2.15. The van der Waals surface area contributed by atoms with E-state index in [4.69, 9.17) is 4.74 Å². The lowest BCUT2D eigenvalue weighted by molar-refractivity contribution is 0.0605. The topological polar surface area (TPSA) is 69.9 Å². The molecule has 0 atom stereocenters. The Morgan fingerprint density at radius 3 is 3.00 bits per heavy atom. The summed E-state index contributed by atoms with van der Waals surface area (Å²) in [6.07, 6.45) is 0. The van der Waals surface area contributed by atoms with Crippen LogP contribution < -0.4 is 0 Å². The minimum absolute atomic E-state index is 0.339. The lowest BCUT2D eigenvalue weighted by Crippen LogP contribution is -2.08. The van der Waals surface area contributed by atoms with Crippen LogP contribution in [0.25, 0.3) is 10.7 Å². The van der Waals surface area contributed by atoms with Crippen molar-refractivity contribution in [3.63, 3.8) is 0 Å². The first-order chi connectivity index (χ1) is 9.78. The third-order valence-electron chi connectivity index (χ3n) is 2.62. The van der Waals surface area contributed by atoms with Crippen molar-refractivity contribution >= 4 is 28.6 Å². The monoisotopic (exact) mass is 306 g/mol. The SMILES string of the molecule is COC(=O)c1sccc1Cn1nnc(-c2cccs2)n1. The molecule has 0 fully saturated rings. The van der Waals surface area contributed by atoms with Gasteiger partial charge in [0.1, 0.15) is 4.88 Å². The van der Waals surface area contributed by atoms with Crippen LogP contribution in [0.4, 0.5) is 0 Å². The predicted octanol–water partition coefficient (Wildman–Crippen LogP) is 2.30. The minimum atomic E-state index is -0.339. The second-order valence-electron chi connectivity index (χ2n) is 3.89. The van der Waals surface area contributed by atoms with Gasteiger partial charge in [0.05, 0.1) is 18.5 Å². The number of thiophene rings is 2. The third kappa shape index (κ3) is 2.47. The number of ether oxygens (including phenoxy) is 1. The Morgan fingerprint density at radius 1 is 1.35 bits per heavy atom. The van der Waals surface area contributed by atoms with Crippen LogP contribution in [0, 0.1) is 0 Å². The lowest BCUT2D eigenvalue weighted by Gasteiger charge is -2.00. The fraction of sp³-hybridized carbons (Fsp3) is 0.167. The number of nitrogens with zero attached hydrogens (tertiary/aromatic N) is 4. The van der Waals surface area contributed by atoms with Crippen LogP contribution in [0.5, 0.6) is 0 Å². The van der Waals surface area contributed by atoms with Gasteiger partial charge in [-0.2, -0.15) is 4.80 Å². The fourth-order valence-electron chi connectivity index (χ4n) is 1.70. The molecule has 0 saturated heterocycles. The molecule has 0 spiro atoms. The van der Waals surface area contributed by atoms with E-state index in [0.29, 0.717) is 17.2 Å². The van der Waals surface area contributed by atoms with Crippen molar-refractivity contribution < 1.29 is 9.53 Å². The van der Waals surface area contributed by atoms with Crippen LogP contribution in [0.3, 0.4) is 0 Å². The van der Waals surface area contributed by atoms with E-state index in [1.165, 1.54) is 23.2 Å². The summed E-state index contributed by atoms with van der Waals surface area (Å²) in [7, 11) is 1.37. The number of hydrogen-bond acceptors (Lipinski definition) is 7. The summed E-state index contributed by atoms with van der Waals surface area (Å²) in [6.45, 7) is 0.395. The molecule has 6 nitrogen and oxygen atoms in total. The van der Waals surface area contributed by atoms with Crippen LogP contribution >= 0.6 is 22.7 Å². The van der Waals surface area contributed by atoms with E-state index in [0.717, 1.165) is 10.4 Å². The molecule has 0 bridgehead atoms. The van der Waals surface area contributed by atoms with Crippen LogP contribution in [-0.4, -0.2) is 33.3 Å². The van der Waals surface area contributed by atoms with E-state index >= 15 is 0 Å². The Bertz CT molecular complexity index is 717. The molecule has 0 radical (unpaired) electrons. The summed E-state index contributed by atoms with van der Waals surface area (Å²) in [5.41, 5.74) is 0.831. The van der Waals surface area contributed by atoms with Crippen LogP contribution in [-0.2, 0) is 11.3 Å². The second kappa shape index (κ2) is 5.51. The molecule has 102 valence electrons. The Kier molecular flexibility index (Phi) is 3.57. The van der Waals surface area contributed by atoms with Gasteiger partial charge >= 0.3 is 5.97 Å². The van der Waals surface area contributed by atoms with Crippen LogP contribution in [0.1, 0.15) is 15.2 Å². The van der Waals surface area contributed by atoms with E-state index in [2.05, 4.69) is 15.4 Å². The van der Waals surface area contributed by atoms with E-state index in [-0.39, 0.29) is 5.97 Å². The number of tetrazole rings is 1. The van der Waals surface area contributed by atoms with Crippen LogP contribution in [0.15, 0.2) is 29.0 Å². The minimum Gasteiger partial charge on any atom is -0.465 e. The highest BCUT2D eigenvalue weighted by atomic mass is 32.1. The van der Waals surface area contributed by atoms with E-state index in [1.54, 1.807) is 11.3 Å². The van der Waals surface area contributed by atoms with Crippen molar-refractivity contribution in [2.24, 2.45) is 0 Å². The lowest BCUT2D eigenvalue weighted by atomic mass is 10.2. The molecule has 0 unspecified atom stereocenters. The molecule has 3 aromatic rings. The second-order valence-corrected chi connectivity index (χ2v) is 5.75. The van der Waals surface area contributed by atoms with Gasteiger partial charge in [-0.25, -0.2) is 4.79 Å². The van der Waals surface area contributed by atoms with Gasteiger partial charge in [0.2, 0.25) is 5.82 Å². The quantitative estimate of drug-likeness (QED) is 0.692. The normalized spacial score (nSPS) is 10.7. The van der Waals surface area contributed by atoms with Gasteiger partial charge in [0.15, 0.2) is 0 Å². The summed E-state index contributed by atoms with van der Waals surface area (Å²) in [4.78, 5) is 14.6. The molecule has 0 aromatic carbocycles. The first kappa shape index (κ1) is 12.9. The number of aromatic nitrogens is 4. The highest BCUT2D eigenvalue weighted by Crippen LogP contribution is 2.21. The maximum absolute atomic E-state index is 11.6. The number of rotatable bonds is 4. The Hall–Kier alpha value is -2.06. The molecule has 3 rings (SSSR count). The predicted molar refractivity (Wildman–Crippen MR) is 75.9 cm³/mol. The van der Waals surface area contributed by atoms with Gasteiger partial charge in [-0.15, -0.1) is 32.9 Å². The first-order valence-electron chi connectivity index (χ1n) is 5.74. The van der Waals surface area contributed by atoms with Gasteiger partial charge in [0, 0.05) is 5.56 Å². The Labute approximate surface area is 122 Å². The average molecular weight is 306 g/mol. The molecule has 0 N–H and O–H groups in total. The highest BCUT2D eigenvalue weighted by molar-refractivity contribution is 7.13. The summed E-state index contributed by atoms with van der Waals surface area (Å²) in [6, 6.07) is 5.75. The molecule has 0 aliphatic carbocycles. The third-order valence-corrected chi connectivity index (χ3v) is 4.43. The summed E-state index contributed by atoms with van der Waals surface area (Å²) in [5.74, 6) is 0.253. The molecule has 0 saturated carbocycles. The maximum atomic E-state index is 11.6. The number of esters is 1. The zero-order chi connectivity index (χ0) is 13.9. The molecule has 20 heavy (non-hydrogen) atoms. The first-order valence-corrected chi connectivity index (χ1v) is 7.50. The summed E-state index contributed by atoms with van der Waals surface area (Å²) >= 11 is 2.90. The van der Waals surface area contributed by atoms with Gasteiger partial charge < -0.3 is 4.74 Å². The smallest absolute Gasteiger partial charge is 0.348 e. The fourth-order valence-corrected chi connectivity index (χ4v) is 3.18. The summed E-state index contributed by atoms with van der Waals surface area (Å²) < 4.78 is 4.74. The molecule has 0 amide bonds. The number of carbonyl (C=O) groups excluding carboxylic acids is 1. The molecule has 3 aromatic heterocycles. The van der Waals surface area contributed by atoms with Gasteiger partial charge in [-0.1, -0.05) is 6.07 Å². The van der Waals surface area contributed by atoms with Crippen molar-refractivity contribution in [2.45, 2.75) is 6.54 Å². The number of methoxy groups -OCH3 is 1. The van der Waals surface area contributed by atoms with Gasteiger partial charge in [-0.05, 0) is 28.1 Å². The molecular formula is C12H10N4O2S2. The standard InChI is InChI=1S/C12H10N4O2S2/c1-18-12(17)10-8(4-6-20-10)7-16-14-11(13-15-16)9-3-2-5-19-9/h2-6H,7H2,1H3. The number of carbonyl (C=O) groups is 1. The zero-order valence-electron chi connectivity index (χ0n) is 10.5. The van der Waals surface area contributed by atoms with E-state index in [9.17, 15) is 4.79 Å². The Morgan fingerprint density at radius 2 is 2.25 bits per heavy atom. The molecule has 8 heteroatoms. The van der Waals surface area contributed by atoms with Crippen LogP contribution in [0.2, 0.25) is 0 Å². The molecular weight excluding hydrogens is 296 g/mol. The van der Waals surface area contributed by atoms with Gasteiger partial charge in [0.25, 0.3) is 0 Å². The van der Waals surface area contributed by atoms with Crippen molar-refractivity contribution in [3.05, 3.63) is 39.4 Å². The van der Waals surface area contributed by atoms with Crippen molar-refractivity contribution in [1.29, 1.82) is 0 Å². The number of hydrogen-bond donors (Lipinski definition) is 0. The molecule has 3 heterocycles. The average Bonchev–Trinajstić information content (AvgIpc) is 3.19.